The van der Waals surface area contributed by atoms with E-state index in [0.29, 0.717) is 0 Å². The molecule has 0 saturated heterocycles. The van der Waals surface area contributed by atoms with Crippen LogP contribution in [0.25, 0.3) is 0 Å². The van der Waals surface area contributed by atoms with Crippen molar-refractivity contribution < 1.29 is 10.2 Å². The number of aliphatic hydroxyl groups excluding tert-OH is 2. The Morgan fingerprint density at radius 1 is 1.56 bits per heavy atom. The number of rotatable bonds is 3. The van der Waals surface area contributed by atoms with Crippen molar-refractivity contribution in [2.24, 2.45) is 5.92 Å². The van der Waals surface area contributed by atoms with Crippen molar-refractivity contribution >= 4 is 0 Å². The van der Waals surface area contributed by atoms with Crippen LogP contribution >= 0.6 is 0 Å². The summed E-state index contributed by atoms with van der Waals surface area (Å²) in [6.07, 6.45) is 1.86. The van der Waals surface area contributed by atoms with Crippen LogP contribution in [-0.2, 0) is 0 Å². The Hall–Kier alpha value is -0.340. The zero-order chi connectivity index (χ0) is 7.28. The predicted molar refractivity (Wildman–Crippen MR) is 37.1 cm³/mol. The molecule has 0 unspecified atom stereocenters. The van der Waals surface area contributed by atoms with Crippen molar-refractivity contribution in [3.8, 4) is 0 Å². The molecule has 0 rings (SSSR count). The van der Waals surface area contributed by atoms with Crippen molar-refractivity contribution in [3.63, 3.8) is 0 Å². The second-order valence-corrected chi connectivity index (χ2v) is 2.33. The van der Waals surface area contributed by atoms with Gasteiger partial charge in [0.2, 0.25) is 0 Å². The summed E-state index contributed by atoms with van der Waals surface area (Å²) in [5, 5.41) is 17.1. The third-order valence-corrected chi connectivity index (χ3v) is 1.11. The molecule has 0 bridgehead atoms. The largest absolute Gasteiger partial charge is 0.396 e. The molecule has 0 aliphatic rings. The topological polar surface area (TPSA) is 40.5 Å². The van der Waals surface area contributed by atoms with E-state index in [-0.39, 0.29) is 19.1 Å². The molecule has 0 aromatic rings. The fourth-order valence-electron chi connectivity index (χ4n) is 0.591. The molecule has 1 atom stereocenters. The molecule has 0 fully saturated rings. The van der Waals surface area contributed by atoms with Crippen LogP contribution < -0.4 is 0 Å². The predicted octanol–water partition coefficient (Wildman–Crippen LogP) is 0.553. The van der Waals surface area contributed by atoms with Crippen LogP contribution in [0.15, 0.2) is 11.6 Å². The van der Waals surface area contributed by atoms with Crippen LogP contribution in [0.3, 0.4) is 0 Å². The summed E-state index contributed by atoms with van der Waals surface area (Å²) in [6.45, 7) is 3.98. The lowest BCUT2D eigenvalue weighted by molar-refractivity contribution is 0.260. The number of hydrogen-bond donors (Lipinski definition) is 2. The van der Waals surface area contributed by atoms with Crippen molar-refractivity contribution in [2.75, 3.05) is 13.2 Å². The van der Waals surface area contributed by atoms with E-state index in [2.05, 4.69) is 0 Å². The van der Waals surface area contributed by atoms with Gasteiger partial charge in [0.25, 0.3) is 0 Å². The van der Waals surface area contributed by atoms with Gasteiger partial charge in [0, 0.05) is 6.61 Å². The molecule has 54 valence electrons. The Morgan fingerprint density at radius 2 is 2.11 bits per heavy atom. The first-order chi connectivity index (χ1) is 4.20. The average molecular weight is 130 g/mol. The van der Waals surface area contributed by atoms with E-state index in [9.17, 15) is 0 Å². The van der Waals surface area contributed by atoms with Crippen LogP contribution in [-0.4, -0.2) is 23.4 Å². The highest BCUT2D eigenvalue weighted by atomic mass is 16.3. The maximum Gasteiger partial charge on any atom is 0.0639 e. The summed E-state index contributed by atoms with van der Waals surface area (Å²) in [5.74, 6) is 0.164. The van der Waals surface area contributed by atoms with E-state index in [0.717, 1.165) is 5.57 Å². The normalized spacial score (nSPS) is 15.8. The lowest BCUT2D eigenvalue weighted by Crippen LogP contribution is -1.98. The number of aliphatic hydroxyl groups is 2. The van der Waals surface area contributed by atoms with Gasteiger partial charge in [-0.25, -0.2) is 0 Å². The van der Waals surface area contributed by atoms with Gasteiger partial charge in [-0.1, -0.05) is 18.6 Å². The summed E-state index contributed by atoms with van der Waals surface area (Å²) in [7, 11) is 0. The smallest absolute Gasteiger partial charge is 0.0639 e. The lowest BCUT2D eigenvalue weighted by Gasteiger charge is -2.00. The average Bonchev–Trinajstić information content (AvgIpc) is 1.87. The maximum atomic E-state index is 8.55. The quantitative estimate of drug-likeness (QED) is 0.548. The minimum atomic E-state index is 0.0876. The molecule has 0 aromatic carbocycles. The van der Waals surface area contributed by atoms with Gasteiger partial charge in [-0.05, 0) is 12.8 Å². The van der Waals surface area contributed by atoms with Gasteiger partial charge in [0.15, 0.2) is 0 Å². The standard InChI is InChI=1S/C7H14O2/c1-6(4-8)3-7(2)5-9/h3,6,8-9H,4-5H2,1-2H3/b7-3-/t6-/m0/s1. The Labute approximate surface area is 55.8 Å². The van der Waals surface area contributed by atoms with E-state index in [4.69, 9.17) is 10.2 Å². The van der Waals surface area contributed by atoms with Crippen molar-refractivity contribution in [1.82, 2.24) is 0 Å². The van der Waals surface area contributed by atoms with Crippen LogP contribution in [0, 0.1) is 5.92 Å². The fourth-order valence-corrected chi connectivity index (χ4v) is 0.591. The van der Waals surface area contributed by atoms with Gasteiger partial charge in [-0.15, -0.1) is 0 Å². The molecule has 2 nitrogen and oxygen atoms in total. The first-order valence-electron chi connectivity index (χ1n) is 3.09. The third kappa shape index (κ3) is 4.18. The zero-order valence-corrected chi connectivity index (χ0v) is 5.96. The van der Waals surface area contributed by atoms with Gasteiger partial charge in [0.05, 0.1) is 6.61 Å². The molecule has 0 spiro atoms. The van der Waals surface area contributed by atoms with E-state index >= 15 is 0 Å². The molecule has 2 N–H and O–H groups in total. The molecule has 0 aliphatic heterocycles. The minimum absolute atomic E-state index is 0.0876. The Kier molecular flexibility index (Phi) is 4.36. The van der Waals surface area contributed by atoms with E-state index in [1.807, 2.05) is 19.9 Å². The summed E-state index contributed by atoms with van der Waals surface area (Å²) in [6, 6.07) is 0. The molecule has 0 amide bonds. The minimum Gasteiger partial charge on any atom is -0.396 e. The third-order valence-electron chi connectivity index (χ3n) is 1.11. The van der Waals surface area contributed by atoms with Crippen LogP contribution in [0.4, 0.5) is 0 Å². The molecule has 0 aromatic heterocycles. The second kappa shape index (κ2) is 4.53. The molecular formula is C7H14O2. The summed E-state index contributed by atoms with van der Waals surface area (Å²) >= 11 is 0. The highest BCUT2D eigenvalue weighted by Crippen LogP contribution is 1.99. The van der Waals surface area contributed by atoms with Crippen LogP contribution in [0.1, 0.15) is 13.8 Å². The van der Waals surface area contributed by atoms with Gasteiger partial charge in [-0.2, -0.15) is 0 Å². The Bertz CT molecular complexity index is 97.1. The van der Waals surface area contributed by atoms with Crippen molar-refractivity contribution in [2.45, 2.75) is 13.8 Å². The monoisotopic (exact) mass is 130 g/mol. The van der Waals surface area contributed by atoms with E-state index in [1.54, 1.807) is 0 Å². The lowest BCUT2D eigenvalue weighted by atomic mass is 10.1. The van der Waals surface area contributed by atoms with Crippen molar-refractivity contribution in [1.29, 1.82) is 0 Å². The molecule has 0 saturated carbocycles. The zero-order valence-electron chi connectivity index (χ0n) is 5.96. The molecule has 9 heavy (non-hydrogen) atoms. The molecule has 0 aliphatic carbocycles. The van der Waals surface area contributed by atoms with Gasteiger partial charge < -0.3 is 10.2 Å². The highest BCUT2D eigenvalue weighted by Gasteiger charge is 1.93. The number of hydrogen-bond acceptors (Lipinski definition) is 2. The Morgan fingerprint density at radius 3 is 2.44 bits per heavy atom. The van der Waals surface area contributed by atoms with Crippen LogP contribution in [0.2, 0.25) is 0 Å². The highest BCUT2D eigenvalue weighted by molar-refractivity contribution is 4.99. The molecule has 0 radical (unpaired) electrons. The summed E-state index contributed by atoms with van der Waals surface area (Å²) < 4.78 is 0. The summed E-state index contributed by atoms with van der Waals surface area (Å²) in [5.41, 5.74) is 0.913. The maximum absolute atomic E-state index is 8.55. The van der Waals surface area contributed by atoms with E-state index < -0.39 is 0 Å². The molecule has 0 heterocycles. The fraction of sp³-hybridized carbons (Fsp3) is 0.714. The first kappa shape index (κ1) is 8.66. The van der Waals surface area contributed by atoms with Crippen molar-refractivity contribution in [3.05, 3.63) is 11.6 Å². The summed E-state index contributed by atoms with van der Waals surface area (Å²) in [4.78, 5) is 0. The van der Waals surface area contributed by atoms with Gasteiger partial charge >= 0.3 is 0 Å². The first-order valence-corrected chi connectivity index (χ1v) is 3.09. The van der Waals surface area contributed by atoms with E-state index in [1.165, 1.54) is 0 Å². The molecule has 2 heteroatoms. The Balaban J connectivity index is 3.64. The second-order valence-electron chi connectivity index (χ2n) is 2.33. The molecular weight excluding hydrogens is 116 g/mol. The van der Waals surface area contributed by atoms with Gasteiger partial charge in [-0.3, -0.25) is 0 Å². The SMILES string of the molecule is C/C(=C/[C@H](C)CO)CO. The van der Waals surface area contributed by atoms with Gasteiger partial charge in [0.1, 0.15) is 0 Å². The van der Waals surface area contributed by atoms with Crippen LogP contribution in [0.5, 0.6) is 0 Å².